The Morgan fingerprint density at radius 1 is 1.00 bits per heavy atom. The maximum absolute atomic E-state index is 11.0. The average Bonchev–Trinajstić information content (AvgIpc) is 2.16. The summed E-state index contributed by atoms with van der Waals surface area (Å²) in [5.41, 5.74) is 0.277. The maximum atomic E-state index is 11.0. The fraction of sp³-hybridized carbons (Fsp3) is 1.00. The molecule has 0 rings (SSSR count). The summed E-state index contributed by atoms with van der Waals surface area (Å²) in [5, 5.41) is 0. The fourth-order valence-corrected chi connectivity index (χ4v) is 2.87. The van der Waals surface area contributed by atoms with Crippen LogP contribution in [-0.4, -0.2) is 13.3 Å². The SMILES string of the molecule is CCCC(CCC)(CCC)CO[P+](C)=O. The molecule has 0 aromatic heterocycles. The van der Waals surface area contributed by atoms with E-state index < -0.39 is 8.03 Å². The molecular weight excluding hydrogens is 207 g/mol. The summed E-state index contributed by atoms with van der Waals surface area (Å²) in [4.78, 5) is 0. The highest BCUT2D eigenvalue weighted by Crippen LogP contribution is 2.37. The van der Waals surface area contributed by atoms with Crippen LogP contribution >= 0.6 is 8.03 Å². The third kappa shape index (κ3) is 6.27. The van der Waals surface area contributed by atoms with Gasteiger partial charge in [-0.1, -0.05) is 40.0 Å². The summed E-state index contributed by atoms with van der Waals surface area (Å²) in [6.45, 7) is 8.96. The zero-order chi connectivity index (χ0) is 11.7. The van der Waals surface area contributed by atoms with Crippen LogP contribution in [0.4, 0.5) is 0 Å². The van der Waals surface area contributed by atoms with Gasteiger partial charge in [0.15, 0.2) is 6.66 Å². The zero-order valence-corrected chi connectivity index (χ0v) is 11.6. The van der Waals surface area contributed by atoms with E-state index in [1.165, 1.54) is 38.5 Å². The van der Waals surface area contributed by atoms with Crippen molar-refractivity contribution in [3.05, 3.63) is 0 Å². The quantitative estimate of drug-likeness (QED) is 0.536. The van der Waals surface area contributed by atoms with Crippen LogP contribution in [0.2, 0.25) is 0 Å². The van der Waals surface area contributed by atoms with Crippen LogP contribution in [0, 0.1) is 5.41 Å². The van der Waals surface area contributed by atoms with Gasteiger partial charge in [-0.3, -0.25) is 0 Å². The zero-order valence-electron chi connectivity index (χ0n) is 10.7. The van der Waals surface area contributed by atoms with Crippen LogP contribution in [-0.2, 0) is 9.09 Å². The Hall–Kier alpha value is 0.0600. The third-order valence-corrected chi connectivity index (χ3v) is 3.39. The van der Waals surface area contributed by atoms with E-state index in [0.29, 0.717) is 6.61 Å². The lowest BCUT2D eigenvalue weighted by Gasteiger charge is -2.30. The molecule has 0 radical (unpaired) electrons. The first-order valence-corrected chi connectivity index (χ1v) is 7.76. The van der Waals surface area contributed by atoms with E-state index in [1.54, 1.807) is 6.66 Å². The van der Waals surface area contributed by atoms with E-state index in [2.05, 4.69) is 20.8 Å². The lowest BCUT2D eigenvalue weighted by atomic mass is 9.76. The third-order valence-electron chi connectivity index (χ3n) is 2.89. The Bertz CT molecular complexity index is 163. The van der Waals surface area contributed by atoms with E-state index in [9.17, 15) is 4.57 Å². The molecule has 0 amide bonds. The van der Waals surface area contributed by atoms with Crippen LogP contribution in [0.15, 0.2) is 0 Å². The van der Waals surface area contributed by atoms with Gasteiger partial charge in [-0.15, -0.1) is 4.52 Å². The Balaban J connectivity index is 4.37. The molecule has 0 aromatic carbocycles. The van der Waals surface area contributed by atoms with Crippen molar-refractivity contribution in [2.45, 2.75) is 59.3 Å². The molecule has 2 nitrogen and oxygen atoms in total. The molecule has 90 valence electrons. The standard InChI is InChI=1S/C12H26O2P/c1-5-8-12(9-6-2,10-7-3)11-14-15(4)13/h5-11H2,1-4H3/q+1. The summed E-state index contributed by atoms with van der Waals surface area (Å²) in [6, 6.07) is 0. The van der Waals surface area contributed by atoms with Crippen LogP contribution in [0.1, 0.15) is 59.3 Å². The highest BCUT2D eigenvalue weighted by atomic mass is 31.1. The summed E-state index contributed by atoms with van der Waals surface area (Å²) in [5.74, 6) is 0. The molecule has 1 atom stereocenters. The number of rotatable bonds is 9. The van der Waals surface area contributed by atoms with Crippen LogP contribution in [0.3, 0.4) is 0 Å². The van der Waals surface area contributed by atoms with Crippen LogP contribution in [0.25, 0.3) is 0 Å². The Morgan fingerprint density at radius 2 is 1.40 bits per heavy atom. The van der Waals surface area contributed by atoms with E-state index in [4.69, 9.17) is 4.52 Å². The van der Waals surface area contributed by atoms with Crippen molar-refractivity contribution in [2.24, 2.45) is 5.41 Å². The summed E-state index contributed by atoms with van der Waals surface area (Å²) in [7, 11) is -1.45. The van der Waals surface area contributed by atoms with E-state index in [-0.39, 0.29) is 5.41 Å². The summed E-state index contributed by atoms with van der Waals surface area (Å²) < 4.78 is 16.4. The molecule has 0 aliphatic rings. The van der Waals surface area contributed by atoms with Crippen molar-refractivity contribution in [1.29, 1.82) is 0 Å². The topological polar surface area (TPSA) is 26.3 Å². The van der Waals surface area contributed by atoms with Crippen molar-refractivity contribution in [3.8, 4) is 0 Å². The van der Waals surface area contributed by atoms with Crippen molar-refractivity contribution in [1.82, 2.24) is 0 Å². The summed E-state index contributed by atoms with van der Waals surface area (Å²) in [6.07, 6.45) is 7.13. The van der Waals surface area contributed by atoms with Gasteiger partial charge in [0.25, 0.3) is 0 Å². The molecule has 0 aromatic rings. The molecule has 3 heteroatoms. The molecule has 0 fully saturated rings. The minimum Gasteiger partial charge on any atom is -0.146 e. The molecule has 0 N–H and O–H groups in total. The first-order valence-electron chi connectivity index (χ1n) is 6.14. The molecule has 1 unspecified atom stereocenters. The molecule has 0 saturated carbocycles. The average molecular weight is 233 g/mol. The van der Waals surface area contributed by atoms with Crippen LogP contribution in [0.5, 0.6) is 0 Å². The lowest BCUT2D eigenvalue weighted by molar-refractivity contribution is 0.114. The Labute approximate surface area is 95.7 Å². The molecule has 0 aliphatic heterocycles. The van der Waals surface area contributed by atoms with E-state index in [0.717, 1.165) is 0 Å². The normalized spacial score (nSPS) is 12.9. The van der Waals surface area contributed by atoms with E-state index >= 15 is 0 Å². The molecule has 15 heavy (non-hydrogen) atoms. The van der Waals surface area contributed by atoms with Crippen molar-refractivity contribution < 1.29 is 9.09 Å². The first kappa shape index (κ1) is 15.1. The minimum absolute atomic E-state index is 0.277. The smallest absolute Gasteiger partial charge is 0.146 e. The molecule has 0 heterocycles. The highest BCUT2D eigenvalue weighted by molar-refractivity contribution is 7.38. The van der Waals surface area contributed by atoms with Gasteiger partial charge in [0, 0.05) is 0 Å². The molecule has 0 saturated heterocycles. The van der Waals surface area contributed by atoms with Gasteiger partial charge in [0.2, 0.25) is 0 Å². The minimum atomic E-state index is -1.45. The Kier molecular flexibility index (Phi) is 8.27. The monoisotopic (exact) mass is 233 g/mol. The largest absolute Gasteiger partial charge is 0.504 e. The van der Waals surface area contributed by atoms with Crippen molar-refractivity contribution >= 4 is 8.03 Å². The van der Waals surface area contributed by atoms with E-state index in [1.807, 2.05) is 0 Å². The molecule has 0 bridgehead atoms. The molecule has 0 aliphatic carbocycles. The lowest BCUT2D eigenvalue weighted by Crippen LogP contribution is -2.25. The first-order chi connectivity index (χ1) is 7.10. The van der Waals surface area contributed by atoms with Gasteiger partial charge in [0.05, 0.1) is 0 Å². The Morgan fingerprint density at radius 3 is 1.67 bits per heavy atom. The molecular formula is C12H26O2P+. The number of hydrogen-bond donors (Lipinski definition) is 0. The van der Waals surface area contributed by atoms with Gasteiger partial charge in [0.1, 0.15) is 6.61 Å². The highest BCUT2D eigenvalue weighted by Gasteiger charge is 2.30. The fourth-order valence-electron chi connectivity index (χ4n) is 2.41. The van der Waals surface area contributed by atoms with Gasteiger partial charge < -0.3 is 0 Å². The van der Waals surface area contributed by atoms with Gasteiger partial charge in [-0.2, -0.15) is 0 Å². The van der Waals surface area contributed by atoms with Gasteiger partial charge in [-0.05, 0) is 29.2 Å². The second kappa shape index (κ2) is 8.24. The summed E-state index contributed by atoms with van der Waals surface area (Å²) >= 11 is 0. The molecule has 0 spiro atoms. The predicted molar refractivity (Wildman–Crippen MR) is 66.6 cm³/mol. The van der Waals surface area contributed by atoms with Gasteiger partial charge >= 0.3 is 8.03 Å². The second-order valence-corrected chi connectivity index (χ2v) is 5.60. The predicted octanol–water partition coefficient (Wildman–Crippen LogP) is 4.76. The number of hydrogen-bond acceptors (Lipinski definition) is 2. The van der Waals surface area contributed by atoms with Crippen molar-refractivity contribution in [3.63, 3.8) is 0 Å². The van der Waals surface area contributed by atoms with Crippen LogP contribution < -0.4 is 0 Å². The van der Waals surface area contributed by atoms with Gasteiger partial charge in [-0.25, -0.2) is 0 Å². The van der Waals surface area contributed by atoms with Crippen molar-refractivity contribution in [2.75, 3.05) is 13.3 Å². The maximum Gasteiger partial charge on any atom is 0.504 e. The second-order valence-electron chi connectivity index (χ2n) is 4.46.